The number of ether oxygens (including phenoxy) is 1. The molecule has 1 aromatic carbocycles. The molecule has 188 valence electrons. The molecule has 2 rings (SSSR count). The van der Waals surface area contributed by atoms with Crippen LogP contribution < -0.4 is 26.0 Å². The Labute approximate surface area is 200 Å². The lowest BCUT2D eigenvalue weighted by Crippen LogP contribution is -2.52. The van der Waals surface area contributed by atoms with Gasteiger partial charge in [0.25, 0.3) is 5.91 Å². The molecular weight excluding hydrogens is 440 g/mol. The minimum atomic E-state index is -0.976. The standard InChI is InChI=1S/C24H36N4O6/c1-17(29)25-14-15-26-24(33)23(28-21(30)13-8-18-5-2-3-6-18)27-19-9-11-20(12-10-19)34-16-4-7-22(31)32/h9-12,18,23,27H,2-8,13-16H2,1H3,(H,25,29)(H,26,33)(H,28,30)(H,31,32). The van der Waals surface area contributed by atoms with Gasteiger partial charge in [-0.25, -0.2) is 0 Å². The van der Waals surface area contributed by atoms with Crippen LogP contribution in [-0.2, 0) is 19.2 Å². The van der Waals surface area contributed by atoms with Crippen molar-refractivity contribution in [1.82, 2.24) is 16.0 Å². The zero-order valence-corrected chi connectivity index (χ0v) is 19.7. The molecule has 34 heavy (non-hydrogen) atoms. The maximum Gasteiger partial charge on any atom is 0.303 e. The number of aliphatic carboxylic acids is 1. The third-order valence-corrected chi connectivity index (χ3v) is 5.59. The summed E-state index contributed by atoms with van der Waals surface area (Å²) in [6.45, 7) is 2.21. The first-order chi connectivity index (χ1) is 16.3. The summed E-state index contributed by atoms with van der Waals surface area (Å²) in [5.41, 5.74) is 0.607. The number of anilines is 1. The SMILES string of the molecule is CC(=O)NCCNC(=O)C(NC(=O)CCC1CCCC1)Nc1ccc(OCCCC(=O)O)cc1. The smallest absolute Gasteiger partial charge is 0.303 e. The van der Waals surface area contributed by atoms with Crippen molar-refractivity contribution in [3.8, 4) is 5.75 Å². The van der Waals surface area contributed by atoms with Crippen LogP contribution in [0.4, 0.5) is 5.69 Å². The van der Waals surface area contributed by atoms with Gasteiger partial charge in [-0.05, 0) is 43.0 Å². The van der Waals surface area contributed by atoms with E-state index in [0.717, 1.165) is 19.3 Å². The molecule has 0 bridgehead atoms. The zero-order chi connectivity index (χ0) is 24.8. The minimum absolute atomic E-state index is 0.0405. The lowest BCUT2D eigenvalue weighted by Gasteiger charge is -2.21. The van der Waals surface area contributed by atoms with Gasteiger partial charge >= 0.3 is 5.97 Å². The zero-order valence-electron chi connectivity index (χ0n) is 19.7. The van der Waals surface area contributed by atoms with Crippen molar-refractivity contribution in [2.24, 2.45) is 5.92 Å². The van der Waals surface area contributed by atoms with Crippen molar-refractivity contribution < 1.29 is 29.0 Å². The Bertz CT molecular complexity index is 808. The van der Waals surface area contributed by atoms with E-state index in [-0.39, 0.29) is 37.9 Å². The molecule has 0 aliphatic heterocycles. The first-order valence-electron chi connectivity index (χ1n) is 11.9. The highest BCUT2D eigenvalue weighted by molar-refractivity contribution is 5.89. The number of carbonyl (C=O) groups is 4. The number of carboxylic acids is 1. The average Bonchev–Trinajstić information content (AvgIpc) is 3.32. The molecule has 5 N–H and O–H groups in total. The van der Waals surface area contributed by atoms with E-state index in [1.165, 1.54) is 19.8 Å². The fourth-order valence-corrected chi connectivity index (χ4v) is 3.79. The maximum absolute atomic E-state index is 12.7. The molecule has 0 saturated heterocycles. The molecule has 1 aliphatic rings. The normalized spacial score (nSPS) is 14.1. The summed E-state index contributed by atoms with van der Waals surface area (Å²) in [6, 6.07) is 6.84. The van der Waals surface area contributed by atoms with Gasteiger partial charge in [0.1, 0.15) is 5.75 Å². The van der Waals surface area contributed by atoms with Crippen LogP contribution in [-0.4, -0.2) is 54.7 Å². The summed E-state index contributed by atoms with van der Waals surface area (Å²) in [5.74, 6) is -0.503. The molecule has 3 amide bonds. The third kappa shape index (κ3) is 11.0. The molecular formula is C24H36N4O6. The molecule has 0 spiro atoms. The number of hydrogen-bond donors (Lipinski definition) is 5. The van der Waals surface area contributed by atoms with Crippen molar-refractivity contribution >= 4 is 29.4 Å². The highest BCUT2D eigenvalue weighted by Gasteiger charge is 2.22. The summed E-state index contributed by atoms with van der Waals surface area (Å²) >= 11 is 0. The number of amides is 3. The molecule has 1 saturated carbocycles. The summed E-state index contributed by atoms with van der Waals surface area (Å²) in [7, 11) is 0. The molecule has 1 unspecified atom stereocenters. The molecule has 1 aliphatic carbocycles. The molecule has 1 atom stereocenters. The van der Waals surface area contributed by atoms with Crippen LogP contribution >= 0.6 is 0 Å². The van der Waals surface area contributed by atoms with Crippen LogP contribution in [0.15, 0.2) is 24.3 Å². The second-order valence-electron chi connectivity index (χ2n) is 8.48. The molecule has 10 nitrogen and oxygen atoms in total. The van der Waals surface area contributed by atoms with Crippen LogP contribution in [0.1, 0.15) is 58.3 Å². The summed E-state index contributed by atoms with van der Waals surface area (Å²) < 4.78 is 5.52. The molecule has 0 heterocycles. The second-order valence-corrected chi connectivity index (χ2v) is 8.48. The van der Waals surface area contributed by atoms with Gasteiger partial charge in [-0.2, -0.15) is 0 Å². The van der Waals surface area contributed by atoms with E-state index in [4.69, 9.17) is 9.84 Å². The lowest BCUT2D eigenvalue weighted by molar-refractivity contribution is -0.137. The summed E-state index contributed by atoms with van der Waals surface area (Å²) in [4.78, 5) is 46.8. The molecule has 0 radical (unpaired) electrons. The van der Waals surface area contributed by atoms with E-state index in [0.29, 0.717) is 30.2 Å². The van der Waals surface area contributed by atoms with Gasteiger partial charge in [0.15, 0.2) is 6.17 Å². The van der Waals surface area contributed by atoms with Gasteiger partial charge in [0.2, 0.25) is 11.8 Å². The van der Waals surface area contributed by atoms with Gasteiger partial charge in [0.05, 0.1) is 6.61 Å². The number of rotatable bonds is 15. The van der Waals surface area contributed by atoms with E-state index in [2.05, 4.69) is 21.3 Å². The first-order valence-corrected chi connectivity index (χ1v) is 11.9. The average molecular weight is 477 g/mol. The predicted octanol–water partition coefficient (Wildman–Crippen LogP) is 2.01. The van der Waals surface area contributed by atoms with Crippen LogP contribution in [0.5, 0.6) is 5.75 Å². The first kappa shape index (κ1) is 26.9. The van der Waals surface area contributed by atoms with Crippen molar-refractivity contribution in [3.05, 3.63) is 24.3 Å². The third-order valence-electron chi connectivity index (χ3n) is 5.59. The fraction of sp³-hybridized carbons (Fsp3) is 0.583. The van der Waals surface area contributed by atoms with Crippen LogP contribution in [0, 0.1) is 5.92 Å². The van der Waals surface area contributed by atoms with Gasteiger partial charge in [0, 0.05) is 38.5 Å². The Morgan fingerprint density at radius 2 is 1.71 bits per heavy atom. The van der Waals surface area contributed by atoms with E-state index < -0.39 is 18.0 Å². The number of carboxylic acid groups (broad SMARTS) is 1. The number of benzene rings is 1. The Balaban J connectivity index is 1.90. The second kappa shape index (κ2) is 14.8. The van der Waals surface area contributed by atoms with Crippen molar-refractivity contribution in [2.45, 2.75) is 64.5 Å². The number of carbonyl (C=O) groups excluding carboxylic acids is 3. The van der Waals surface area contributed by atoms with E-state index in [1.807, 2.05) is 0 Å². The van der Waals surface area contributed by atoms with Crippen LogP contribution in [0.3, 0.4) is 0 Å². The predicted molar refractivity (Wildman–Crippen MR) is 127 cm³/mol. The Morgan fingerprint density at radius 1 is 1.03 bits per heavy atom. The monoisotopic (exact) mass is 476 g/mol. The quantitative estimate of drug-likeness (QED) is 0.192. The van der Waals surface area contributed by atoms with E-state index in [1.54, 1.807) is 24.3 Å². The lowest BCUT2D eigenvalue weighted by atomic mass is 10.0. The minimum Gasteiger partial charge on any atom is -0.494 e. The van der Waals surface area contributed by atoms with Crippen molar-refractivity contribution in [1.29, 1.82) is 0 Å². The highest BCUT2D eigenvalue weighted by Crippen LogP contribution is 2.28. The maximum atomic E-state index is 12.7. The van der Waals surface area contributed by atoms with Gasteiger partial charge in [-0.1, -0.05) is 25.7 Å². The Hall–Kier alpha value is -3.30. The Kier molecular flexibility index (Phi) is 11.7. The van der Waals surface area contributed by atoms with Gasteiger partial charge in [-0.3, -0.25) is 19.2 Å². The largest absolute Gasteiger partial charge is 0.494 e. The van der Waals surface area contributed by atoms with Gasteiger partial charge < -0.3 is 31.1 Å². The molecule has 1 fully saturated rings. The van der Waals surface area contributed by atoms with Crippen molar-refractivity contribution in [3.63, 3.8) is 0 Å². The highest BCUT2D eigenvalue weighted by atomic mass is 16.5. The Morgan fingerprint density at radius 3 is 2.35 bits per heavy atom. The van der Waals surface area contributed by atoms with E-state index >= 15 is 0 Å². The number of nitrogens with one attached hydrogen (secondary N) is 4. The van der Waals surface area contributed by atoms with E-state index in [9.17, 15) is 19.2 Å². The van der Waals surface area contributed by atoms with Crippen LogP contribution in [0.2, 0.25) is 0 Å². The van der Waals surface area contributed by atoms with Gasteiger partial charge in [-0.15, -0.1) is 0 Å². The fourth-order valence-electron chi connectivity index (χ4n) is 3.79. The topological polar surface area (TPSA) is 146 Å². The molecule has 1 aromatic rings. The van der Waals surface area contributed by atoms with Crippen LogP contribution in [0.25, 0.3) is 0 Å². The summed E-state index contributed by atoms with van der Waals surface area (Å²) in [5, 5.41) is 19.8. The summed E-state index contributed by atoms with van der Waals surface area (Å²) in [6.07, 6.45) is 5.39. The number of hydrogen-bond acceptors (Lipinski definition) is 6. The molecule has 0 aromatic heterocycles. The van der Waals surface area contributed by atoms with Crippen molar-refractivity contribution in [2.75, 3.05) is 25.0 Å². The molecule has 10 heteroatoms.